The lowest BCUT2D eigenvalue weighted by Crippen LogP contribution is -2.23. The summed E-state index contributed by atoms with van der Waals surface area (Å²) in [7, 11) is 3.13. The van der Waals surface area contributed by atoms with Gasteiger partial charge < -0.3 is 14.8 Å². The normalized spacial score (nSPS) is 10.2. The standard InChI is InChI=1S/C16H15Cl2NO3/c1-21-14-6-3-10(7-15(14)22-2)9-19-16(20)12-8-11(17)4-5-13(12)18/h3-8H,9H2,1-2H3,(H,19,20). The number of methoxy groups -OCH3 is 2. The Labute approximate surface area is 138 Å². The number of carbonyl (C=O) groups excluding carboxylic acids is 1. The molecule has 0 heterocycles. The molecule has 0 saturated carbocycles. The van der Waals surface area contributed by atoms with Crippen LogP contribution < -0.4 is 14.8 Å². The van der Waals surface area contributed by atoms with Crippen LogP contribution in [-0.2, 0) is 6.54 Å². The van der Waals surface area contributed by atoms with Crippen molar-refractivity contribution in [3.63, 3.8) is 0 Å². The summed E-state index contributed by atoms with van der Waals surface area (Å²) in [5, 5.41) is 3.61. The highest BCUT2D eigenvalue weighted by Gasteiger charge is 2.11. The van der Waals surface area contributed by atoms with Gasteiger partial charge in [0, 0.05) is 11.6 Å². The zero-order valence-corrected chi connectivity index (χ0v) is 13.7. The molecule has 0 radical (unpaired) electrons. The third kappa shape index (κ3) is 3.84. The second-order valence-corrected chi connectivity index (χ2v) is 5.34. The Balaban J connectivity index is 2.09. The van der Waals surface area contributed by atoms with Gasteiger partial charge in [-0.05, 0) is 35.9 Å². The summed E-state index contributed by atoms with van der Waals surface area (Å²) in [5.74, 6) is 0.952. The largest absolute Gasteiger partial charge is 0.493 e. The van der Waals surface area contributed by atoms with Crippen LogP contribution in [0.3, 0.4) is 0 Å². The molecule has 0 fully saturated rings. The maximum atomic E-state index is 12.2. The first-order valence-electron chi connectivity index (χ1n) is 6.49. The molecule has 0 unspecified atom stereocenters. The van der Waals surface area contributed by atoms with Gasteiger partial charge in [0.2, 0.25) is 0 Å². The van der Waals surface area contributed by atoms with Gasteiger partial charge in [0.15, 0.2) is 11.5 Å². The molecule has 0 aromatic heterocycles. The van der Waals surface area contributed by atoms with Gasteiger partial charge in [-0.2, -0.15) is 0 Å². The molecule has 4 nitrogen and oxygen atoms in total. The van der Waals surface area contributed by atoms with Gasteiger partial charge in [-0.1, -0.05) is 29.3 Å². The summed E-state index contributed by atoms with van der Waals surface area (Å²) in [6, 6.07) is 10.2. The van der Waals surface area contributed by atoms with E-state index in [9.17, 15) is 4.79 Å². The van der Waals surface area contributed by atoms with Gasteiger partial charge in [-0.15, -0.1) is 0 Å². The van der Waals surface area contributed by atoms with Gasteiger partial charge in [0.25, 0.3) is 5.91 Å². The number of amides is 1. The molecular weight excluding hydrogens is 325 g/mol. The van der Waals surface area contributed by atoms with Crippen LogP contribution >= 0.6 is 23.2 Å². The van der Waals surface area contributed by atoms with E-state index in [2.05, 4.69) is 5.32 Å². The Morgan fingerprint density at radius 3 is 2.45 bits per heavy atom. The number of nitrogens with one attached hydrogen (secondary N) is 1. The average molecular weight is 340 g/mol. The van der Waals surface area contributed by atoms with Crippen molar-refractivity contribution in [3.05, 3.63) is 57.6 Å². The van der Waals surface area contributed by atoms with Gasteiger partial charge >= 0.3 is 0 Å². The molecule has 2 rings (SSSR count). The minimum atomic E-state index is -0.290. The number of halogens is 2. The highest BCUT2D eigenvalue weighted by atomic mass is 35.5. The van der Waals surface area contributed by atoms with Crippen LogP contribution in [0.1, 0.15) is 15.9 Å². The van der Waals surface area contributed by atoms with Gasteiger partial charge in [0.1, 0.15) is 0 Å². The highest BCUT2D eigenvalue weighted by molar-refractivity contribution is 6.35. The predicted molar refractivity (Wildman–Crippen MR) is 87.2 cm³/mol. The quantitative estimate of drug-likeness (QED) is 0.897. The van der Waals surface area contributed by atoms with E-state index in [-0.39, 0.29) is 5.91 Å². The lowest BCUT2D eigenvalue weighted by atomic mass is 10.1. The summed E-state index contributed by atoms with van der Waals surface area (Å²) >= 11 is 11.9. The SMILES string of the molecule is COc1ccc(CNC(=O)c2cc(Cl)ccc2Cl)cc1OC. The molecule has 1 amide bonds. The Bertz CT molecular complexity index is 689. The Kier molecular flexibility index (Phi) is 5.52. The fourth-order valence-electron chi connectivity index (χ4n) is 1.94. The monoisotopic (exact) mass is 339 g/mol. The zero-order chi connectivity index (χ0) is 16.1. The molecular formula is C16H15Cl2NO3. The smallest absolute Gasteiger partial charge is 0.253 e. The molecule has 1 N–H and O–H groups in total. The fourth-order valence-corrected chi connectivity index (χ4v) is 2.32. The molecule has 0 aliphatic heterocycles. The van der Waals surface area contributed by atoms with E-state index in [4.69, 9.17) is 32.7 Å². The first kappa shape index (κ1) is 16.5. The summed E-state index contributed by atoms with van der Waals surface area (Å²) in [4.78, 5) is 12.2. The van der Waals surface area contributed by atoms with Gasteiger partial charge in [-0.3, -0.25) is 4.79 Å². The van der Waals surface area contributed by atoms with Crippen LogP contribution in [0.15, 0.2) is 36.4 Å². The molecule has 116 valence electrons. The Hall–Kier alpha value is -1.91. The van der Waals surface area contributed by atoms with Crippen molar-refractivity contribution >= 4 is 29.1 Å². The van der Waals surface area contributed by atoms with Crippen molar-refractivity contribution in [3.8, 4) is 11.5 Å². The minimum absolute atomic E-state index is 0.290. The van der Waals surface area contributed by atoms with Crippen molar-refractivity contribution in [2.75, 3.05) is 14.2 Å². The molecule has 0 spiro atoms. The van der Waals surface area contributed by atoms with Crippen molar-refractivity contribution < 1.29 is 14.3 Å². The number of carbonyl (C=O) groups is 1. The summed E-state index contributed by atoms with van der Waals surface area (Å²) < 4.78 is 10.4. The molecule has 2 aromatic rings. The van der Waals surface area contributed by atoms with E-state index in [0.29, 0.717) is 33.7 Å². The van der Waals surface area contributed by atoms with E-state index in [0.717, 1.165) is 5.56 Å². The molecule has 22 heavy (non-hydrogen) atoms. The maximum absolute atomic E-state index is 12.2. The lowest BCUT2D eigenvalue weighted by molar-refractivity contribution is 0.0951. The second-order valence-electron chi connectivity index (χ2n) is 4.50. The second kappa shape index (κ2) is 7.38. The average Bonchev–Trinajstić information content (AvgIpc) is 2.54. The summed E-state index contributed by atoms with van der Waals surface area (Å²) in [6.45, 7) is 0.335. The zero-order valence-electron chi connectivity index (χ0n) is 12.2. The van der Waals surface area contributed by atoms with E-state index < -0.39 is 0 Å². The third-order valence-corrected chi connectivity index (χ3v) is 3.64. The fraction of sp³-hybridized carbons (Fsp3) is 0.188. The molecule has 6 heteroatoms. The Morgan fingerprint density at radius 1 is 1.05 bits per heavy atom. The first-order valence-corrected chi connectivity index (χ1v) is 7.25. The van der Waals surface area contributed by atoms with Crippen molar-refractivity contribution in [2.45, 2.75) is 6.54 Å². The highest BCUT2D eigenvalue weighted by Crippen LogP contribution is 2.27. The molecule has 0 aliphatic rings. The predicted octanol–water partition coefficient (Wildman–Crippen LogP) is 3.94. The number of hydrogen-bond donors (Lipinski definition) is 1. The number of rotatable bonds is 5. The van der Waals surface area contributed by atoms with E-state index >= 15 is 0 Å². The maximum Gasteiger partial charge on any atom is 0.253 e. The van der Waals surface area contributed by atoms with Crippen molar-refractivity contribution in [1.29, 1.82) is 0 Å². The summed E-state index contributed by atoms with van der Waals surface area (Å²) in [5.41, 5.74) is 1.22. The first-order chi connectivity index (χ1) is 10.5. The van der Waals surface area contributed by atoms with Crippen LogP contribution in [0.4, 0.5) is 0 Å². The number of ether oxygens (including phenoxy) is 2. The van der Waals surface area contributed by atoms with Crippen molar-refractivity contribution in [2.24, 2.45) is 0 Å². The Morgan fingerprint density at radius 2 is 1.77 bits per heavy atom. The third-order valence-electron chi connectivity index (χ3n) is 3.07. The number of hydrogen-bond acceptors (Lipinski definition) is 3. The molecule has 0 atom stereocenters. The van der Waals surface area contributed by atoms with Crippen LogP contribution in [-0.4, -0.2) is 20.1 Å². The number of benzene rings is 2. The van der Waals surface area contributed by atoms with Crippen LogP contribution in [0.5, 0.6) is 11.5 Å². The van der Waals surface area contributed by atoms with E-state index in [1.165, 1.54) is 6.07 Å². The molecule has 0 saturated heterocycles. The molecule has 2 aromatic carbocycles. The van der Waals surface area contributed by atoms with Crippen LogP contribution in [0.25, 0.3) is 0 Å². The van der Waals surface area contributed by atoms with Gasteiger partial charge in [0.05, 0.1) is 24.8 Å². The van der Waals surface area contributed by atoms with Crippen LogP contribution in [0, 0.1) is 0 Å². The van der Waals surface area contributed by atoms with E-state index in [1.807, 2.05) is 6.07 Å². The molecule has 0 aliphatic carbocycles. The van der Waals surface area contributed by atoms with Crippen molar-refractivity contribution in [1.82, 2.24) is 5.32 Å². The lowest BCUT2D eigenvalue weighted by Gasteiger charge is -2.11. The molecule has 0 bridgehead atoms. The summed E-state index contributed by atoms with van der Waals surface area (Å²) in [6.07, 6.45) is 0. The minimum Gasteiger partial charge on any atom is -0.493 e. The van der Waals surface area contributed by atoms with E-state index in [1.54, 1.807) is 38.5 Å². The topological polar surface area (TPSA) is 47.6 Å². The van der Waals surface area contributed by atoms with Gasteiger partial charge in [-0.25, -0.2) is 0 Å². The van der Waals surface area contributed by atoms with Crippen LogP contribution in [0.2, 0.25) is 10.0 Å².